The number of ketones is 1. The Kier molecular flexibility index (Phi) is 6.82. The molecule has 6 nitrogen and oxygen atoms in total. The molecule has 0 aliphatic heterocycles. The molecule has 1 unspecified atom stereocenters. The van der Waals surface area contributed by atoms with Crippen LogP contribution in [0, 0.1) is 13.8 Å². The van der Waals surface area contributed by atoms with Crippen LogP contribution in [0.15, 0.2) is 72.8 Å². The fraction of sp³-hybridized carbons (Fsp3) is 0.160. The van der Waals surface area contributed by atoms with Crippen LogP contribution in [-0.2, 0) is 9.53 Å². The van der Waals surface area contributed by atoms with Gasteiger partial charge in [0.05, 0.1) is 5.56 Å². The van der Waals surface area contributed by atoms with E-state index in [4.69, 9.17) is 15.2 Å². The quantitative estimate of drug-likeness (QED) is 0.442. The minimum Gasteiger partial charge on any atom is -0.484 e. The van der Waals surface area contributed by atoms with Gasteiger partial charge in [0.15, 0.2) is 12.7 Å². The third kappa shape index (κ3) is 5.79. The molecule has 3 aromatic carbocycles. The lowest BCUT2D eigenvalue weighted by Gasteiger charge is -2.18. The van der Waals surface area contributed by atoms with Crippen LogP contribution in [0.4, 0.5) is 0 Å². The zero-order valence-corrected chi connectivity index (χ0v) is 17.3. The Labute approximate surface area is 180 Å². The van der Waals surface area contributed by atoms with Crippen molar-refractivity contribution in [2.45, 2.75) is 20.0 Å². The lowest BCUT2D eigenvalue weighted by atomic mass is 9.98. The standard InChI is InChI=1S/C25H23NO5/c1-16-3-7-18(8-4-16)23(28)24(19-9-5-17(2)6-10-19)31-25(29)20-11-13-21(14-12-20)30-15-22(26)27/h3-14,24H,15H2,1-2H3,(H2,26,27). The normalized spacial score (nSPS) is 11.4. The van der Waals surface area contributed by atoms with Crippen LogP contribution in [0.5, 0.6) is 5.75 Å². The molecule has 0 radical (unpaired) electrons. The van der Waals surface area contributed by atoms with Gasteiger partial charge >= 0.3 is 5.97 Å². The number of ether oxygens (including phenoxy) is 2. The monoisotopic (exact) mass is 417 g/mol. The smallest absolute Gasteiger partial charge is 0.339 e. The molecule has 0 aliphatic carbocycles. The Morgan fingerprint density at radius 3 is 1.84 bits per heavy atom. The van der Waals surface area contributed by atoms with Gasteiger partial charge in [0.25, 0.3) is 5.91 Å². The third-order valence-electron chi connectivity index (χ3n) is 4.65. The molecule has 2 N–H and O–H groups in total. The fourth-order valence-corrected chi connectivity index (χ4v) is 2.90. The summed E-state index contributed by atoms with van der Waals surface area (Å²) >= 11 is 0. The van der Waals surface area contributed by atoms with E-state index < -0.39 is 18.0 Å². The first-order chi connectivity index (χ1) is 14.8. The average Bonchev–Trinajstić information content (AvgIpc) is 2.77. The molecule has 0 aliphatic rings. The highest BCUT2D eigenvalue weighted by molar-refractivity contribution is 6.02. The Morgan fingerprint density at radius 1 is 0.774 bits per heavy atom. The summed E-state index contributed by atoms with van der Waals surface area (Å²) < 4.78 is 10.8. The van der Waals surface area contributed by atoms with E-state index in [1.54, 1.807) is 24.3 Å². The molecule has 0 fully saturated rings. The minimum atomic E-state index is -1.08. The fourth-order valence-electron chi connectivity index (χ4n) is 2.90. The van der Waals surface area contributed by atoms with Crippen LogP contribution in [-0.4, -0.2) is 24.3 Å². The van der Waals surface area contributed by atoms with Crippen molar-refractivity contribution >= 4 is 17.7 Å². The Hall–Kier alpha value is -3.93. The van der Waals surface area contributed by atoms with E-state index in [2.05, 4.69) is 0 Å². The molecule has 1 amide bonds. The second-order valence-corrected chi connectivity index (χ2v) is 7.21. The molecule has 158 valence electrons. The Balaban J connectivity index is 1.83. The molecular formula is C25H23NO5. The maximum absolute atomic E-state index is 13.2. The van der Waals surface area contributed by atoms with Gasteiger partial charge in [-0.2, -0.15) is 0 Å². The average molecular weight is 417 g/mol. The molecule has 31 heavy (non-hydrogen) atoms. The van der Waals surface area contributed by atoms with E-state index in [9.17, 15) is 14.4 Å². The first-order valence-electron chi connectivity index (χ1n) is 9.73. The number of primary amides is 1. The number of aryl methyl sites for hydroxylation is 2. The van der Waals surface area contributed by atoms with E-state index in [1.165, 1.54) is 24.3 Å². The van der Waals surface area contributed by atoms with Crippen molar-refractivity contribution < 1.29 is 23.9 Å². The molecular weight excluding hydrogens is 394 g/mol. The topological polar surface area (TPSA) is 95.7 Å². The SMILES string of the molecule is Cc1ccc(C(=O)C(OC(=O)c2ccc(OCC(N)=O)cc2)c2ccc(C)cc2)cc1. The van der Waals surface area contributed by atoms with Gasteiger partial charge in [-0.25, -0.2) is 4.79 Å². The molecule has 0 saturated carbocycles. The number of nitrogens with two attached hydrogens (primary N) is 1. The van der Waals surface area contributed by atoms with Gasteiger partial charge in [0.1, 0.15) is 5.75 Å². The van der Waals surface area contributed by atoms with Gasteiger partial charge in [-0.3, -0.25) is 9.59 Å². The first-order valence-corrected chi connectivity index (χ1v) is 9.73. The van der Waals surface area contributed by atoms with E-state index in [-0.39, 0.29) is 18.0 Å². The van der Waals surface area contributed by atoms with Crippen LogP contribution in [0.25, 0.3) is 0 Å². The number of hydrogen-bond donors (Lipinski definition) is 1. The van der Waals surface area contributed by atoms with Gasteiger partial charge in [-0.05, 0) is 38.1 Å². The highest BCUT2D eigenvalue weighted by Gasteiger charge is 2.27. The maximum Gasteiger partial charge on any atom is 0.339 e. The van der Waals surface area contributed by atoms with Crippen LogP contribution >= 0.6 is 0 Å². The van der Waals surface area contributed by atoms with Gasteiger partial charge in [0, 0.05) is 11.1 Å². The number of Topliss-reactive ketones (excluding diaryl/α,β-unsaturated/α-hetero) is 1. The van der Waals surface area contributed by atoms with Gasteiger partial charge in [0.2, 0.25) is 5.78 Å². The number of carbonyl (C=O) groups excluding carboxylic acids is 3. The van der Waals surface area contributed by atoms with Crippen molar-refractivity contribution in [2.75, 3.05) is 6.61 Å². The van der Waals surface area contributed by atoms with Crippen molar-refractivity contribution in [1.29, 1.82) is 0 Å². The van der Waals surface area contributed by atoms with Crippen LogP contribution < -0.4 is 10.5 Å². The summed E-state index contributed by atoms with van der Waals surface area (Å²) in [5.74, 6) is -1.16. The highest BCUT2D eigenvalue weighted by Crippen LogP contribution is 2.25. The maximum atomic E-state index is 13.2. The summed E-state index contributed by atoms with van der Waals surface area (Å²) in [7, 11) is 0. The molecule has 0 heterocycles. The third-order valence-corrected chi connectivity index (χ3v) is 4.65. The lowest BCUT2D eigenvalue weighted by Crippen LogP contribution is -2.21. The second-order valence-electron chi connectivity index (χ2n) is 7.21. The highest BCUT2D eigenvalue weighted by atomic mass is 16.5. The summed E-state index contributed by atoms with van der Waals surface area (Å²) in [5.41, 5.74) is 8.41. The van der Waals surface area contributed by atoms with E-state index >= 15 is 0 Å². The number of hydrogen-bond acceptors (Lipinski definition) is 5. The van der Waals surface area contributed by atoms with Gasteiger partial charge in [-0.15, -0.1) is 0 Å². The van der Waals surface area contributed by atoms with Crippen molar-refractivity contribution in [2.24, 2.45) is 5.73 Å². The Bertz CT molecular complexity index is 1070. The minimum absolute atomic E-state index is 0.250. The molecule has 0 spiro atoms. The lowest BCUT2D eigenvalue weighted by molar-refractivity contribution is -0.119. The van der Waals surface area contributed by atoms with E-state index in [0.29, 0.717) is 16.9 Å². The Morgan fingerprint density at radius 2 is 1.29 bits per heavy atom. The number of amides is 1. The zero-order chi connectivity index (χ0) is 22.4. The summed E-state index contributed by atoms with van der Waals surface area (Å²) in [6.07, 6.45) is -1.08. The van der Waals surface area contributed by atoms with Crippen LogP contribution in [0.2, 0.25) is 0 Å². The second kappa shape index (κ2) is 9.71. The van der Waals surface area contributed by atoms with Crippen LogP contribution in [0.3, 0.4) is 0 Å². The molecule has 0 saturated heterocycles. The summed E-state index contributed by atoms with van der Waals surface area (Å²) in [4.78, 5) is 36.8. The van der Waals surface area contributed by atoms with E-state index in [1.807, 2.05) is 38.1 Å². The summed E-state index contributed by atoms with van der Waals surface area (Å²) in [6, 6.07) is 20.5. The van der Waals surface area contributed by atoms with Crippen molar-refractivity contribution in [1.82, 2.24) is 0 Å². The molecule has 6 heteroatoms. The molecule has 0 aromatic heterocycles. The number of benzene rings is 3. The summed E-state index contributed by atoms with van der Waals surface area (Å²) in [5, 5.41) is 0. The molecule has 3 rings (SSSR count). The van der Waals surface area contributed by atoms with Gasteiger partial charge in [-0.1, -0.05) is 59.7 Å². The van der Waals surface area contributed by atoms with Gasteiger partial charge < -0.3 is 15.2 Å². The predicted molar refractivity (Wildman–Crippen MR) is 116 cm³/mol. The van der Waals surface area contributed by atoms with Crippen molar-refractivity contribution in [3.05, 3.63) is 101 Å². The van der Waals surface area contributed by atoms with Crippen LogP contribution in [0.1, 0.15) is 43.5 Å². The first kappa shape index (κ1) is 21.8. The number of rotatable bonds is 8. The van der Waals surface area contributed by atoms with E-state index in [0.717, 1.165) is 11.1 Å². The van der Waals surface area contributed by atoms with Crippen molar-refractivity contribution in [3.63, 3.8) is 0 Å². The molecule has 3 aromatic rings. The molecule has 0 bridgehead atoms. The number of carbonyl (C=O) groups is 3. The predicted octanol–water partition coefficient (Wildman–Crippen LogP) is 3.95. The number of esters is 1. The zero-order valence-electron chi connectivity index (χ0n) is 17.3. The largest absolute Gasteiger partial charge is 0.484 e. The summed E-state index contributed by atoms with van der Waals surface area (Å²) in [6.45, 7) is 3.61. The molecule has 1 atom stereocenters. The van der Waals surface area contributed by atoms with Crippen molar-refractivity contribution in [3.8, 4) is 5.75 Å².